The predicted octanol–water partition coefficient (Wildman–Crippen LogP) is 2.70. The van der Waals surface area contributed by atoms with E-state index in [1.165, 1.54) is 6.21 Å². The lowest BCUT2D eigenvalue weighted by Gasteiger charge is -2.04. The molecule has 0 spiro atoms. The van der Waals surface area contributed by atoms with Gasteiger partial charge in [-0.05, 0) is 18.2 Å². The van der Waals surface area contributed by atoms with Crippen molar-refractivity contribution in [2.24, 2.45) is 5.16 Å². The van der Waals surface area contributed by atoms with Crippen molar-refractivity contribution in [1.29, 1.82) is 0 Å². The highest BCUT2D eigenvalue weighted by molar-refractivity contribution is 6.32. The van der Waals surface area contributed by atoms with Crippen molar-refractivity contribution in [1.82, 2.24) is 4.98 Å². The Morgan fingerprint density at radius 3 is 2.94 bits per heavy atom. The van der Waals surface area contributed by atoms with Gasteiger partial charge in [0.15, 0.2) is 0 Å². The third-order valence-electron chi connectivity index (χ3n) is 2.20. The SMILES string of the molecule is COc1ccc2cc(/C=N\O)c(Cl)nc2c1. The van der Waals surface area contributed by atoms with Gasteiger partial charge >= 0.3 is 0 Å². The van der Waals surface area contributed by atoms with Gasteiger partial charge in [0.1, 0.15) is 10.9 Å². The van der Waals surface area contributed by atoms with Crippen LogP contribution in [0.15, 0.2) is 29.4 Å². The molecule has 0 aliphatic heterocycles. The number of pyridine rings is 1. The summed E-state index contributed by atoms with van der Waals surface area (Å²) >= 11 is 5.92. The number of hydrogen-bond donors (Lipinski definition) is 1. The number of methoxy groups -OCH3 is 1. The highest BCUT2D eigenvalue weighted by atomic mass is 35.5. The number of oxime groups is 1. The minimum Gasteiger partial charge on any atom is -0.497 e. The Morgan fingerprint density at radius 2 is 2.25 bits per heavy atom. The summed E-state index contributed by atoms with van der Waals surface area (Å²) in [6.07, 6.45) is 1.25. The largest absolute Gasteiger partial charge is 0.497 e. The lowest BCUT2D eigenvalue weighted by Crippen LogP contribution is -1.90. The van der Waals surface area contributed by atoms with E-state index in [0.29, 0.717) is 10.7 Å². The minimum atomic E-state index is 0.290. The average Bonchev–Trinajstić information content (AvgIpc) is 2.30. The summed E-state index contributed by atoms with van der Waals surface area (Å²) in [7, 11) is 1.59. The van der Waals surface area contributed by atoms with E-state index >= 15 is 0 Å². The van der Waals surface area contributed by atoms with Crippen LogP contribution in [0.3, 0.4) is 0 Å². The third-order valence-corrected chi connectivity index (χ3v) is 2.50. The fourth-order valence-corrected chi connectivity index (χ4v) is 1.61. The van der Waals surface area contributed by atoms with Gasteiger partial charge in [-0.3, -0.25) is 0 Å². The van der Waals surface area contributed by atoms with Gasteiger partial charge < -0.3 is 9.94 Å². The molecule has 16 heavy (non-hydrogen) atoms. The maximum absolute atomic E-state index is 8.46. The van der Waals surface area contributed by atoms with E-state index in [1.54, 1.807) is 19.2 Å². The number of rotatable bonds is 2. The van der Waals surface area contributed by atoms with E-state index in [0.717, 1.165) is 16.7 Å². The van der Waals surface area contributed by atoms with Crippen LogP contribution in [0.5, 0.6) is 5.75 Å². The number of fused-ring (bicyclic) bond motifs is 1. The maximum atomic E-state index is 8.46. The van der Waals surface area contributed by atoms with Crippen LogP contribution in [-0.4, -0.2) is 23.5 Å². The van der Waals surface area contributed by atoms with Gasteiger partial charge in [-0.2, -0.15) is 0 Å². The Bertz CT molecular complexity index is 555. The Kier molecular flexibility index (Phi) is 2.92. The second-order valence-corrected chi connectivity index (χ2v) is 3.53. The van der Waals surface area contributed by atoms with E-state index < -0.39 is 0 Å². The molecule has 1 aromatic carbocycles. The van der Waals surface area contributed by atoms with Crippen molar-refractivity contribution in [3.63, 3.8) is 0 Å². The molecule has 2 aromatic rings. The highest BCUT2D eigenvalue weighted by Gasteiger charge is 2.04. The van der Waals surface area contributed by atoms with Gasteiger partial charge in [0.2, 0.25) is 0 Å². The molecule has 1 heterocycles. The van der Waals surface area contributed by atoms with Gasteiger partial charge in [0.25, 0.3) is 0 Å². The zero-order valence-electron chi connectivity index (χ0n) is 8.51. The van der Waals surface area contributed by atoms with Gasteiger partial charge in [-0.25, -0.2) is 4.98 Å². The maximum Gasteiger partial charge on any atom is 0.138 e. The van der Waals surface area contributed by atoms with Crippen LogP contribution in [0, 0.1) is 0 Å². The molecule has 0 atom stereocenters. The molecular weight excluding hydrogens is 228 g/mol. The molecule has 4 nitrogen and oxygen atoms in total. The summed E-state index contributed by atoms with van der Waals surface area (Å²) in [6, 6.07) is 7.29. The van der Waals surface area contributed by atoms with Crippen LogP contribution in [0.25, 0.3) is 10.9 Å². The number of ether oxygens (including phenoxy) is 1. The van der Waals surface area contributed by atoms with Gasteiger partial charge in [0, 0.05) is 17.0 Å². The quantitative estimate of drug-likeness (QED) is 0.378. The Morgan fingerprint density at radius 1 is 1.44 bits per heavy atom. The topological polar surface area (TPSA) is 54.7 Å². The highest BCUT2D eigenvalue weighted by Crippen LogP contribution is 2.23. The number of nitrogens with zero attached hydrogens (tertiary/aromatic N) is 2. The first kappa shape index (κ1) is 10.7. The van der Waals surface area contributed by atoms with Gasteiger partial charge in [0.05, 0.1) is 18.8 Å². The molecular formula is C11H9ClN2O2. The van der Waals surface area contributed by atoms with Crippen molar-refractivity contribution in [3.8, 4) is 5.75 Å². The Balaban J connectivity index is 2.63. The molecule has 0 radical (unpaired) electrons. The van der Waals surface area contributed by atoms with Crippen molar-refractivity contribution < 1.29 is 9.94 Å². The molecule has 0 aliphatic rings. The summed E-state index contributed by atoms with van der Waals surface area (Å²) in [4.78, 5) is 4.19. The standard InChI is InChI=1S/C11H9ClN2O2/c1-16-9-3-2-7-4-8(6-13-15)11(12)14-10(7)5-9/h2-6,15H,1H3/b13-6-. The lowest BCUT2D eigenvalue weighted by atomic mass is 10.1. The summed E-state index contributed by atoms with van der Waals surface area (Å²) in [6.45, 7) is 0. The molecule has 82 valence electrons. The predicted molar refractivity (Wildman–Crippen MR) is 62.7 cm³/mol. The molecule has 1 N–H and O–H groups in total. The normalized spacial score (nSPS) is 11.1. The molecule has 1 aromatic heterocycles. The number of benzene rings is 1. The first-order valence-electron chi connectivity index (χ1n) is 4.56. The van der Waals surface area contributed by atoms with E-state index in [2.05, 4.69) is 10.1 Å². The van der Waals surface area contributed by atoms with Crippen molar-refractivity contribution in [3.05, 3.63) is 35.0 Å². The number of halogens is 1. The summed E-state index contributed by atoms with van der Waals surface area (Å²) in [5.74, 6) is 0.722. The van der Waals surface area contributed by atoms with Crippen LogP contribution in [0.4, 0.5) is 0 Å². The van der Waals surface area contributed by atoms with E-state index in [9.17, 15) is 0 Å². The van der Waals surface area contributed by atoms with E-state index in [1.807, 2.05) is 12.1 Å². The zero-order chi connectivity index (χ0) is 11.5. The molecule has 0 fully saturated rings. The first-order valence-corrected chi connectivity index (χ1v) is 4.94. The molecule has 0 aliphatic carbocycles. The lowest BCUT2D eigenvalue weighted by molar-refractivity contribution is 0.322. The molecule has 0 saturated carbocycles. The summed E-state index contributed by atoms with van der Waals surface area (Å²) in [5.41, 5.74) is 1.31. The molecule has 5 heteroatoms. The van der Waals surface area contributed by atoms with Crippen LogP contribution >= 0.6 is 11.6 Å². The van der Waals surface area contributed by atoms with Gasteiger partial charge in [-0.1, -0.05) is 16.8 Å². The monoisotopic (exact) mass is 236 g/mol. The van der Waals surface area contributed by atoms with Gasteiger partial charge in [-0.15, -0.1) is 0 Å². The second kappa shape index (κ2) is 4.37. The van der Waals surface area contributed by atoms with Crippen LogP contribution in [-0.2, 0) is 0 Å². The Labute approximate surface area is 97.1 Å². The summed E-state index contributed by atoms with van der Waals surface area (Å²) in [5, 5.41) is 12.6. The van der Waals surface area contributed by atoms with Crippen LogP contribution < -0.4 is 4.74 Å². The molecule has 0 unspecified atom stereocenters. The second-order valence-electron chi connectivity index (χ2n) is 3.17. The van der Waals surface area contributed by atoms with Crippen LogP contribution in [0.2, 0.25) is 5.15 Å². The first-order chi connectivity index (χ1) is 7.74. The molecule has 0 saturated heterocycles. The van der Waals surface area contributed by atoms with Crippen molar-refractivity contribution >= 4 is 28.7 Å². The molecule has 0 amide bonds. The number of hydrogen-bond acceptors (Lipinski definition) is 4. The van der Waals surface area contributed by atoms with E-state index in [4.69, 9.17) is 21.5 Å². The number of aromatic nitrogens is 1. The van der Waals surface area contributed by atoms with E-state index in [-0.39, 0.29) is 0 Å². The average molecular weight is 237 g/mol. The summed E-state index contributed by atoms with van der Waals surface area (Å²) < 4.78 is 5.09. The van der Waals surface area contributed by atoms with Crippen molar-refractivity contribution in [2.75, 3.05) is 7.11 Å². The third kappa shape index (κ3) is 1.92. The zero-order valence-corrected chi connectivity index (χ0v) is 9.27. The fourth-order valence-electron chi connectivity index (χ4n) is 1.42. The van der Waals surface area contributed by atoms with Crippen LogP contribution in [0.1, 0.15) is 5.56 Å². The smallest absolute Gasteiger partial charge is 0.138 e. The fraction of sp³-hybridized carbons (Fsp3) is 0.0909. The molecule has 2 rings (SSSR count). The molecule has 0 bridgehead atoms. The Hall–Kier alpha value is -1.81. The van der Waals surface area contributed by atoms with Crippen molar-refractivity contribution in [2.45, 2.75) is 0 Å². The minimum absolute atomic E-state index is 0.290.